The Labute approximate surface area is 169 Å². The van der Waals surface area contributed by atoms with Gasteiger partial charge in [0.05, 0.1) is 0 Å². The van der Waals surface area contributed by atoms with Gasteiger partial charge in [0.2, 0.25) is 0 Å². The average molecular weight is 274 g/mol. The third kappa shape index (κ3) is 31.4. The van der Waals surface area contributed by atoms with Gasteiger partial charge in [0.25, 0.3) is 0 Å². The van der Waals surface area contributed by atoms with E-state index in [1.807, 2.05) is 0 Å². The minimum absolute atomic E-state index is 0. The summed E-state index contributed by atoms with van der Waals surface area (Å²) >= 11 is 0. The second-order valence-electron chi connectivity index (χ2n) is 1.06. The second-order valence-corrected chi connectivity index (χ2v) is 3.68. The molecule has 64 valence electrons. The normalized spacial score (nSPS) is 9.54. The molecule has 0 heterocycles. The van der Waals surface area contributed by atoms with Crippen molar-refractivity contribution in [2.24, 2.45) is 0 Å². The Morgan fingerprint density at radius 3 is 0.923 bits per heavy atom. The number of hydrogen-bond acceptors (Lipinski definition) is 3. The van der Waals surface area contributed by atoms with E-state index in [2.05, 4.69) is 4.31 Å². The smallest absolute Gasteiger partial charge is 1.00 e. The van der Waals surface area contributed by atoms with Crippen molar-refractivity contribution in [3.05, 3.63) is 0 Å². The van der Waals surface area contributed by atoms with Crippen LogP contribution in [0.15, 0.2) is 0 Å². The molecule has 0 radical (unpaired) electrons. The molecule has 4 N–H and O–H groups in total. The molecule has 0 aromatic carbocycles. The van der Waals surface area contributed by atoms with Gasteiger partial charge in [-0.3, -0.25) is 0 Å². The number of hydrogen-bond donors (Lipinski definition) is 4. The predicted octanol–water partition coefficient (Wildman–Crippen LogP) is -12.3. The fourth-order valence-corrected chi connectivity index (χ4v) is 1.25. The topological polar surface area (TPSA) is 124 Å². The molecule has 0 saturated heterocycles. The van der Waals surface area contributed by atoms with Crippen molar-refractivity contribution < 1.29 is 157 Å². The van der Waals surface area contributed by atoms with Gasteiger partial charge in [0.15, 0.2) is 0 Å². The van der Waals surface area contributed by atoms with Gasteiger partial charge in [0, 0.05) is 0 Å². The van der Waals surface area contributed by atoms with Crippen molar-refractivity contribution in [2.75, 3.05) is 0 Å². The summed E-state index contributed by atoms with van der Waals surface area (Å²) in [4.78, 5) is 31.0. The average Bonchev–Trinajstić information content (AvgIpc) is 1.14. The van der Waals surface area contributed by atoms with Crippen LogP contribution in [-0.4, -0.2) is 19.6 Å². The molecule has 0 unspecified atom stereocenters. The zero-order valence-corrected chi connectivity index (χ0v) is 17.7. The van der Waals surface area contributed by atoms with Crippen LogP contribution in [-0.2, 0) is 13.4 Å². The standard InChI is InChI=1S/4Na.H4O7P2.4H/c;;;;1-8(2,3)7-9(4,5)6;;;;/h;;;;(H2,1,2,3)(H2,4,5,6);;;;/q4*+1;;4*-1. The fourth-order valence-electron chi connectivity index (χ4n) is 0.139. The van der Waals surface area contributed by atoms with Crippen LogP contribution < -0.4 is 118 Å². The Morgan fingerprint density at radius 2 is 0.923 bits per heavy atom. The number of phosphoric acid groups is 2. The van der Waals surface area contributed by atoms with Crippen molar-refractivity contribution in [2.45, 2.75) is 0 Å². The van der Waals surface area contributed by atoms with Gasteiger partial charge < -0.3 is 25.3 Å². The fraction of sp³-hybridized carbons (Fsp3) is 0. The van der Waals surface area contributed by atoms with Crippen molar-refractivity contribution in [1.29, 1.82) is 0 Å². The maximum atomic E-state index is 9.63. The third-order valence-electron chi connectivity index (χ3n) is 0.213. The van der Waals surface area contributed by atoms with Crippen molar-refractivity contribution in [3.63, 3.8) is 0 Å². The Kier molecular flexibility index (Phi) is 29.7. The zero-order chi connectivity index (χ0) is 7.71. The molecule has 0 bridgehead atoms. The summed E-state index contributed by atoms with van der Waals surface area (Å²) in [5, 5.41) is 0. The minimum atomic E-state index is -5.05. The van der Waals surface area contributed by atoms with Crippen molar-refractivity contribution in [3.8, 4) is 0 Å². The van der Waals surface area contributed by atoms with E-state index in [1.54, 1.807) is 0 Å². The van der Waals surface area contributed by atoms with Crippen molar-refractivity contribution in [1.82, 2.24) is 0 Å². The van der Waals surface area contributed by atoms with Crippen molar-refractivity contribution >= 4 is 15.6 Å². The summed E-state index contributed by atoms with van der Waals surface area (Å²) in [5.74, 6) is 0. The molecular weight excluding hydrogens is 266 g/mol. The molecule has 0 rings (SSSR count). The van der Waals surface area contributed by atoms with Crippen LogP contribution in [0, 0.1) is 0 Å². The quantitative estimate of drug-likeness (QED) is 0.291. The van der Waals surface area contributed by atoms with Gasteiger partial charge in [0.1, 0.15) is 0 Å². The van der Waals surface area contributed by atoms with E-state index in [0.717, 1.165) is 0 Å². The third-order valence-corrected chi connectivity index (χ3v) is 1.91. The zero-order valence-electron chi connectivity index (χ0n) is 11.9. The first-order valence-electron chi connectivity index (χ1n) is 1.53. The van der Waals surface area contributed by atoms with Gasteiger partial charge in [-0.15, -0.1) is 0 Å². The molecule has 13 heavy (non-hydrogen) atoms. The molecule has 0 saturated carbocycles. The number of rotatable bonds is 2. The Balaban J connectivity index is -0.0000000114. The summed E-state index contributed by atoms with van der Waals surface area (Å²) < 4.78 is 22.2. The molecule has 0 aromatic rings. The first-order chi connectivity index (χ1) is 3.71. The van der Waals surface area contributed by atoms with E-state index in [0.29, 0.717) is 0 Å². The molecule has 0 atom stereocenters. The van der Waals surface area contributed by atoms with Crippen LogP contribution in [0.3, 0.4) is 0 Å². The maximum absolute atomic E-state index is 9.63. The molecule has 0 aliphatic carbocycles. The Hall–Kier alpha value is 4.26. The van der Waals surface area contributed by atoms with Crippen LogP contribution in [0.5, 0.6) is 0 Å². The maximum Gasteiger partial charge on any atom is 1.00 e. The van der Waals surface area contributed by atoms with E-state index in [4.69, 9.17) is 19.6 Å². The molecule has 13 heteroatoms. The second kappa shape index (κ2) is 12.7. The summed E-state index contributed by atoms with van der Waals surface area (Å²) in [7, 11) is -10.1. The molecule has 0 fully saturated rings. The predicted molar refractivity (Wildman–Crippen MR) is 29.6 cm³/mol. The van der Waals surface area contributed by atoms with Crippen LogP contribution in [0.2, 0.25) is 0 Å². The Morgan fingerprint density at radius 1 is 0.769 bits per heavy atom. The molecule has 0 aromatic heterocycles. The van der Waals surface area contributed by atoms with Gasteiger partial charge in [-0.05, 0) is 0 Å². The van der Waals surface area contributed by atoms with Gasteiger partial charge in [-0.2, -0.15) is 4.31 Å². The molecular formula is H8Na4O7P2. The van der Waals surface area contributed by atoms with Crippen LogP contribution in [0.4, 0.5) is 0 Å². The minimum Gasteiger partial charge on any atom is -1.00 e. The van der Waals surface area contributed by atoms with Gasteiger partial charge in [-0.1, -0.05) is 0 Å². The molecule has 0 aliphatic rings. The molecule has 0 amide bonds. The molecule has 0 spiro atoms. The largest absolute Gasteiger partial charge is 1.00 e. The first-order valence-corrected chi connectivity index (χ1v) is 4.59. The summed E-state index contributed by atoms with van der Waals surface area (Å²) in [6.07, 6.45) is 0. The monoisotopic (exact) mass is 274 g/mol. The van der Waals surface area contributed by atoms with Crippen LogP contribution in [0.1, 0.15) is 5.71 Å². The molecule has 7 nitrogen and oxygen atoms in total. The van der Waals surface area contributed by atoms with Crippen LogP contribution in [0.25, 0.3) is 0 Å². The summed E-state index contributed by atoms with van der Waals surface area (Å²) in [5.41, 5.74) is 0. The van der Waals surface area contributed by atoms with E-state index >= 15 is 0 Å². The summed E-state index contributed by atoms with van der Waals surface area (Å²) in [6, 6.07) is 0. The van der Waals surface area contributed by atoms with Gasteiger partial charge >= 0.3 is 134 Å². The molecule has 0 aliphatic heterocycles. The Bertz CT molecular complexity index is 172. The SMILES string of the molecule is O=P(O)(O)OP(=O)(O)O.[H-].[H-].[H-].[H-].[Na+].[Na+].[Na+].[Na+]. The first kappa shape index (κ1) is 30.4. The summed E-state index contributed by atoms with van der Waals surface area (Å²) in [6.45, 7) is 0. The van der Waals surface area contributed by atoms with Crippen LogP contribution >= 0.6 is 15.6 Å². The van der Waals surface area contributed by atoms with E-state index in [9.17, 15) is 9.13 Å². The van der Waals surface area contributed by atoms with E-state index in [1.165, 1.54) is 0 Å². The van der Waals surface area contributed by atoms with E-state index in [-0.39, 0.29) is 124 Å². The van der Waals surface area contributed by atoms with E-state index < -0.39 is 15.6 Å². The van der Waals surface area contributed by atoms with Gasteiger partial charge in [-0.25, -0.2) is 9.13 Å².